The molecule has 0 heterocycles. The molecule has 0 amide bonds. The lowest BCUT2D eigenvalue weighted by Crippen LogP contribution is -2.30. The number of unbranched alkanes of at least 4 members (excludes halogenated alkanes) is 9. The second kappa shape index (κ2) is 61.1. The fourth-order valence-corrected chi connectivity index (χ4v) is 7.12. The van der Waals surface area contributed by atoms with Gasteiger partial charge in [0, 0.05) is 19.3 Å². The summed E-state index contributed by atoms with van der Waals surface area (Å²) in [7, 11) is 0. The van der Waals surface area contributed by atoms with Crippen LogP contribution in [0.2, 0.25) is 0 Å². The molecule has 0 radical (unpaired) electrons. The summed E-state index contributed by atoms with van der Waals surface area (Å²) < 4.78 is 16.8. The highest BCUT2D eigenvalue weighted by Gasteiger charge is 2.19. The van der Waals surface area contributed by atoms with E-state index in [-0.39, 0.29) is 50.4 Å². The fraction of sp³-hybridized carbons (Fsp3) is 0.522. The molecule has 6 heteroatoms. The minimum Gasteiger partial charge on any atom is -0.462 e. The molecule has 6 nitrogen and oxygen atoms in total. The summed E-state index contributed by atoms with van der Waals surface area (Å²) >= 11 is 0. The second-order valence-corrected chi connectivity index (χ2v) is 18.4. The maximum absolute atomic E-state index is 12.9. The highest BCUT2D eigenvalue weighted by atomic mass is 16.6. The lowest BCUT2D eigenvalue weighted by Gasteiger charge is -2.18. The van der Waals surface area contributed by atoms with E-state index < -0.39 is 6.10 Å². The highest BCUT2D eigenvalue weighted by molar-refractivity contribution is 5.71. The molecule has 0 saturated heterocycles. The third-order valence-corrected chi connectivity index (χ3v) is 11.4. The van der Waals surface area contributed by atoms with Crippen molar-refractivity contribution in [1.29, 1.82) is 0 Å². The zero-order chi connectivity index (χ0) is 54.3. The molecular formula is C69H104O6. The molecule has 0 bridgehead atoms. The van der Waals surface area contributed by atoms with Crippen LogP contribution in [0.3, 0.4) is 0 Å². The van der Waals surface area contributed by atoms with E-state index >= 15 is 0 Å². The van der Waals surface area contributed by atoms with Gasteiger partial charge in [0.1, 0.15) is 13.2 Å². The normalized spacial score (nSPS) is 13.5. The fourth-order valence-electron chi connectivity index (χ4n) is 7.12. The first-order valence-electron chi connectivity index (χ1n) is 29.3. The van der Waals surface area contributed by atoms with E-state index in [2.05, 4.69) is 203 Å². The summed E-state index contributed by atoms with van der Waals surface area (Å²) in [6.45, 7) is 6.18. The van der Waals surface area contributed by atoms with E-state index in [1.54, 1.807) is 0 Å². The van der Waals surface area contributed by atoms with E-state index in [4.69, 9.17) is 14.2 Å². The molecular weight excluding hydrogens is 925 g/mol. The lowest BCUT2D eigenvalue weighted by atomic mass is 10.1. The van der Waals surface area contributed by atoms with Gasteiger partial charge in [-0.2, -0.15) is 0 Å². The predicted molar refractivity (Wildman–Crippen MR) is 324 cm³/mol. The Morgan fingerprint density at radius 1 is 0.267 bits per heavy atom. The summed E-state index contributed by atoms with van der Waals surface area (Å²) in [5, 5.41) is 0. The van der Waals surface area contributed by atoms with Crippen molar-refractivity contribution in [3.63, 3.8) is 0 Å². The molecule has 0 aliphatic heterocycles. The van der Waals surface area contributed by atoms with Crippen LogP contribution in [-0.4, -0.2) is 37.2 Å². The van der Waals surface area contributed by atoms with Crippen LogP contribution < -0.4 is 0 Å². The minimum absolute atomic E-state index is 0.135. The van der Waals surface area contributed by atoms with Crippen molar-refractivity contribution in [1.82, 2.24) is 0 Å². The van der Waals surface area contributed by atoms with Crippen molar-refractivity contribution >= 4 is 17.9 Å². The topological polar surface area (TPSA) is 78.9 Å². The minimum atomic E-state index is -0.839. The Morgan fingerprint density at radius 3 is 0.827 bits per heavy atom. The summed E-state index contributed by atoms with van der Waals surface area (Å²) in [4.78, 5) is 38.2. The molecule has 1 atom stereocenters. The number of carbonyl (C=O) groups is 3. The molecule has 0 spiro atoms. The number of carbonyl (C=O) groups excluding carboxylic acids is 3. The van der Waals surface area contributed by atoms with Crippen molar-refractivity contribution in [3.8, 4) is 0 Å². The molecule has 0 N–H and O–H groups in total. The third kappa shape index (κ3) is 59.3. The van der Waals surface area contributed by atoms with Gasteiger partial charge in [0.25, 0.3) is 0 Å². The highest BCUT2D eigenvalue weighted by Crippen LogP contribution is 2.12. The number of hydrogen-bond donors (Lipinski definition) is 0. The first kappa shape index (κ1) is 69.5. The van der Waals surface area contributed by atoms with E-state index in [0.29, 0.717) is 12.8 Å². The van der Waals surface area contributed by atoms with E-state index in [1.165, 1.54) is 12.8 Å². The average molecular weight is 1030 g/mol. The van der Waals surface area contributed by atoms with Gasteiger partial charge in [0.15, 0.2) is 6.10 Å². The van der Waals surface area contributed by atoms with Gasteiger partial charge in [0.2, 0.25) is 0 Å². The van der Waals surface area contributed by atoms with Gasteiger partial charge in [-0.15, -0.1) is 0 Å². The van der Waals surface area contributed by atoms with Crippen LogP contribution in [0.5, 0.6) is 0 Å². The molecule has 0 saturated carbocycles. The zero-order valence-electron chi connectivity index (χ0n) is 47.5. The Hall–Kier alpha value is -5.49. The Bertz CT molecular complexity index is 1800. The Kier molecular flexibility index (Phi) is 56.6. The number of rotatable bonds is 50. The molecule has 0 aromatic rings. The van der Waals surface area contributed by atoms with Crippen molar-refractivity contribution in [2.75, 3.05) is 13.2 Å². The Labute approximate surface area is 459 Å². The maximum atomic E-state index is 12.9. The van der Waals surface area contributed by atoms with Crippen molar-refractivity contribution in [2.24, 2.45) is 0 Å². The molecule has 1 unspecified atom stereocenters. The van der Waals surface area contributed by atoms with Crippen molar-refractivity contribution in [3.05, 3.63) is 182 Å². The summed E-state index contributed by atoms with van der Waals surface area (Å²) in [6, 6.07) is 0. The standard InChI is InChI=1S/C69H104O6/c1-4-7-10-13-16-19-22-25-28-31-33-34-36-38-41-44-47-50-53-56-59-62-68(71)74-65-66(64-73-67(70)61-58-55-52-49-46-43-40-37-30-27-24-21-18-15-12-9-6-3)75-69(72)63-60-57-54-51-48-45-42-39-35-32-29-26-23-20-17-14-11-8-5-2/h7-12,16-21,25-30,33-35,38-41,43,47,49-50,52,66H,4-6,13-15,22-24,31-32,36-37,42,44-46,48,51,53-65H2,1-3H3/b10-7-,11-8-,12-9-,19-16-,20-17-,21-18-,28-25-,29-26-,30-27-,34-33-,39-35-,41-38-,43-40-,50-47-,52-49-. The van der Waals surface area contributed by atoms with Gasteiger partial charge in [0.05, 0.1) is 0 Å². The Balaban J connectivity index is 4.62. The first-order valence-corrected chi connectivity index (χ1v) is 29.3. The van der Waals surface area contributed by atoms with Crippen LogP contribution in [0.1, 0.15) is 213 Å². The van der Waals surface area contributed by atoms with E-state index in [9.17, 15) is 14.4 Å². The van der Waals surface area contributed by atoms with Crippen LogP contribution >= 0.6 is 0 Å². The van der Waals surface area contributed by atoms with Gasteiger partial charge >= 0.3 is 17.9 Å². The monoisotopic (exact) mass is 1030 g/mol. The number of esters is 3. The molecule has 0 aliphatic carbocycles. The molecule has 416 valence electrons. The second-order valence-electron chi connectivity index (χ2n) is 18.4. The molecule has 0 rings (SSSR count). The largest absolute Gasteiger partial charge is 0.462 e. The smallest absolute Gasteiger partial charge is 0.306 e. The Morgan fingerprint density at radius 2 is 0.493 bits per heavy atom. The van der Waals surface area contributed by atoms with E-state index in [1.807, 2.05) is 0 Å². The van der Waals surface area contributed by atoms with Gasteiger partial charge in [-0.1, -0.05) is 229 Å². The van der Waals surface area contributed by atoms with Crippen LogP contribution in [0, 0.1) is 0 Å². The molecule has 0 aliphatic rings. The van der Waals surface area contributed by atoms with Crippen LogP contribution in [0.25, 0.3) is 0 Å². The van der Waals surface area contributed by atoms with Crippen LogP contribution in [-0.2, 0) is 28.6 Å². The molecule has 0 fully saturated rings. The predicted octanol–water partition coefficient (Wildman–Crippen LogP) is 20.1. The quantitative estimate of drug-likeness (QED) is 0.0261. The van der Waals surface area contributed by atoms with Crippen LogP contribution in [0.15, 0.2) is 182 Å². The summed E-state index contributed by atoms with van der Waals surface area (Å²) in [6.07, 6.45) is 91.7. The van der Waals surface area contributed by atoms with Gasteiger partial charge in [-0.3, -0.25) is 14.4 Å². The van der Waals surface area contributed by atoms with Crippen LogP contribution in [0.4, 0.5) is 0 Å². The number of hydrogen-bond acceptors (Lipinski definition) is 6. The molecule has 0 aromatic heterocycles. The van der Waals surface area contributed by atoms with Gasteiger partial charge in [-0.05, 0) is 148 Å². The number of allylic oxidation sites excluding steroid dienone is 30. The van der Waals surface area contributed by atoms with E-state index in [0.717, 1.165) is 148 Å². The first-order chi connectivity index (χ1) is 37.0. The third-order valence-electron chi connectivity index (χ3n) is 11.4. The average Bonchev–Trinajstić information content (AvgIpc) is 3.41. The van der Waals surface area contributed by atoms with Crippen molar-refractivity contribution < 1.29 is 28.6 Å². The lowest BCUT2D eigenvalue weighted by molar-refractivity contribution is -0.167. The summed E-state index contributed by atoms with van der Waals surface area (Å²) in [5.74, 6) is -1.06. The van der Waals surface area contributed by atoms with Gasteiger partial charge in [-0.25, -0.2) is 0 Å². The molecule has 0 aromatic carbocycles. The maximum Gasteiger partial charge on any atom is 0.306 e. The molecule has 75 heavy (non-hydrogen) atoms. The zero-order valence-corrected chi connectivity index (χ0v) is 47.5. The van der Waals surface area contributed by atoms with Crippen molar-refractivity contribution in [2.45, 2.75) is 219 Å². The van der Waals surface area contributed by atoms with Gasteiger partial charge < -0.3 is 14.2 Å². The SMILES string of the molecule is CC/C=C\C/C=C\C/C=C\C/C=C\C/C=C\C/C=C\CCCCC(=O)OCC(COC(=O)CCC/C=C\C/C=C\C/C=C\C/C=C\C/C=C\CC)OC(=O)CCCCCCCC/C=C\C/C=C\C/C=C\C/C=C\CC. The number of ether oxygens (including phenoxy) is 3. The summed E-state index contributed by atoms with van der Waals surface area (Å²) in [5.41, 5.74) is 0.